The van der Waals surface area contributed by atoms with Gasteiger partial charge in [-0.3, -0.25) is 0 Å². The van der Waals surface area contributed by atoms with Crippen LogP contribution in [0.5, 0.6) is 0 Å². The molecule has 0 spiro atoms. The molecule has 0 unspecified atom stereocenters. The zero-order valence-electron chi connectivity index (χ0n) is 10.7. The van der Waals surface area contributed by atoms with E-state index in [1.54, 1.807) is 0 Å². The minimum atomic E-state index is 0.763. The third-order valence-electron chi connectivity index (χ3n) is 3.85. The molecule has 1 heteroatoms. The Morgan fingerprint density at radius 1 is 1.07 bits per heavy atom. The summed E-state index contributed by atoms with van der Waals surface area (Å²) in [6, 6.07) is 0.763. The number of hydrogen-bond acceptors (Lipinski definition) is 1. The van der Waals surface area contributed by atoms with Crippen molar-refractivity contribution in [1.29, 1.82) is 0 Å². The van der Waals surface area contributed by atoms with Gasteiger partial charge in [0.2, 0.25) is 0 Å². The Morgan fingerprint density at radius 2 is 1.73 bits per heavy atom. The summed E-state index contributed by atoms with van der Waals surface area (Å²) in [6.07, 6.45) is 12.8. The van der Waals surface area contributed by atoms with E-state index in [2.05, 4.69) is 19.2 Å². The van der Waals surface area contributed by atoms with Crippen molar-refractivity contribution >= 4 is 0 Å². The zero-order chi connectivity index (χ0) is 10.9. The van der Waals surface area contributed by atoms with Gasteiger partial charge in [0.1, 0.15) is 0 Å². The first-order valence-corrected chi connectivity index (χ1v) is 7.08. The van der Waals surface area contributed by atoms with Gasteiger partial charge in [-0.2, -0.15) is 0 Å². The summed E-state index contributed by atoms with van der Waals surface area (Å²) >= 11 is 0. The monoisotopic (exact) mass is 211 g/mol. The number of rotatable bonds is 8. The van der Waals surface area contributed by atoms with Gasteiger partial charge in [-0.25, -0.2) is 0 Å². The maximum atomic E-state index is 3.70. The summed E-state index contributed by atoms with van der Waals surface area (Å²) in [5, 5.41) is 3.70. The Bertz CT molecular complexity index is 138. The van der Waals surface area contributed by atoms with Crippen molar-refractivity contribution in [3.8, 4) is 0 Å². The Labute approximate surface area is 96.0 Å². The molecule has 1 N–H and O–H groups in total. The number of nitrogens with one attached hydrogen (secondary N) is 1. The number of hydrogen-bond donors (Lipinski definition) is 1. The van der Waals surface area contributed by atoms with E-state index in [9.17, 15) is 0 Å². The van der Waals surface area contributed by atoms with Gasteiger partial charge in [-0.1, -0.05) is 45.4 Å². The first-order chi connectivity index (χ1) is 7.34. The molecule has 0 amide bonds. The van der Waals surface area contributed by atoms with Gasteiger partial charge in [0.05, 0.1) is 0 Å². The van der Waals surface area contributed by atoms with Crippen LogP contribution < -0.4 is 5.32 Å². The van der Waals surface area contributed by atoms with Crippen LogP contribution in [0, 0.1) is 5.92 Å². The zero-order valence-corrected chi connectivity index (χ0v) is 10.7. The van der Waals surface area contributed by atoms with E-state index in [1.807, 2.05) is 0 Å². The summed E-state index contributed by atoms with van der Waals surface area (Å²) in [6.45, 7) is 5.89. The Hall–Kier alpha value is -0.0400. The third kappa shape index (κ3) is 5.55. The highest BCUT2D eigenvalue weighted by atomic mass is 14.9. The topological polar surface area (TPSA) is 12.0 Å². The number of unbranched alkanes of at least 4 members (excludes halogenated alkanes) is 4. The van der Waals surface area contributed by atoms with E-state index < -0.39 is 0 Å². The summed E-state index contributed by atoms with van der Waals surface area (Å²) < 4.78 is 0. The van der Waals surface area contributed by atoms with Crippen LogP contribution in [-0.2, 0) is 0 Å². The van der Waals surface area contributed by atoms with Gasteiger partial charge >= 0.3 is 0 Å². The smallest absolute Gasteiger partial charge is 0.00669 e. The lowest BCUT2D eigenvalue weighted by molar-refractivity contribution is 0.377. The molecule has 1 aliphatic rings. The maximum Gasteiger partial charge on any atom is 0.00669 e. The van der Waals surface area contributed by atoms with Crippen molar-refractivity contribution in [1.82, 2.24) is 5.32 Å². The molecular formula is C14H29N. The standard InChI is InChI=1S/C14H29N/c1-3-4-5-6-9-12-15-13(2)14-10-7-8-11-14/h13-15H,3-12H2,1-2H3/t13-/m0/s1. The van der Waals surface area contributed by atoms with Crippen molar-refractivity contribution in [2.24, 2.45) is 5.92 Å². The lowest BCUT2D eigenvalue weighted by Gasteiger charge is -2.20. The summed E-state index contributed by atoms with van der Waals surface area (Å²) in [5.41, 5.74) is 0. The molecule has 1 fully saturated rings. The molecule has 0 bridgehead atoms. The Kier molecular flexibility index (Phi) is 7.08. The molecule has 90 valence electrons. The SMILES string of the molecule is CCCCCCCN[C@@H](C)C1CCCC1. The second kappa shape index (κ2) is 8.15. The lowest BCUT2D eigenvalue weighted by atomic mass is 10.00. The molecule has 0 aliphatic heterocycles. The first-order valence-electron chi connectivity index (χ1n) is 7.08. The molecule has 0 radical (unpaired) electrons. The first kappa shape index (κ1) is 13.0. The average Bonchev–Trinajstić information content (AvgIpc) is 2.76. The van der Waals surface area contributed by atoms with Crippen LogP contribution in [0.1, 0.15) is 71.6 Å². The predicted octanol–water partition coefficient (Wildman–Crippen LogP) is 4.13. The van der Waals surface area contributed by atoms with Gasteiger partial charge in [0, 0.05) is 6.04 Å². The minimum Gasteiger partial charge on any atom is -0.314 e. The quantitative estimate of drug-likeness (QED) is 0.595. The molecular weight excluding hydrogens is 182 g/mol. The molecule has 0 aromatic heterocycles. The Balaban J connectivity index is 1.90. The summed E-state index contributed by atoms with van der Waals surface area (Å²) in [7, 11) is 0. The minimum absolute atomic E-state index is 0.763. The van der Waals surface area contributed by atoms with E-state index in [4.69, 9.17) is 0 Å². The molecule has 1 rings (SSSR count). The fraction of sp³-hybridized carbons (Fsp3) is 1.00. The van der Waals surface area contributed by atoms with Crippen molar-refractivity contribution in [2.75, 3.05) is 6.54 Å². The van der Waals surface area contributed by atoms with Crippen molar-refractivity contribution in [2.45, 2.75) is 77.7 Å². The largest absolute Gasteiger partial charge is 0.314 e. The average molecular weight is 211 g/mol. The second-order valence-electron chi connectivity index (χ2n) is 5.20. The van der Waals surface area contributed by atoms with Gasteiger partial charge in [0.25, 0.3) is 0 Å². The molecule has 0 heterocycles. The van der Waals surface area contributed by atoms with E-state index >= 15 is 0 Å². The van der Waals surface area contributed by atoms with Crippen molar-refractivity contribution in [3.05, 3.63) is 0 Å². The summed E-state index contributed by atoms with van der Waals surface area (Å²) in [4.78, 5) is 0. The molecule has 1 saturated carbocycles. The van der Waals surface area contributed by atoms with Crippen LogP contribution in [0.3, 0.4) is 0 Å². The molecule has 0 aromatic rings. The van der Waals surface area contributed by atoms with Crippen LogP contribution >= 0.6 is 0 Å². The fourth-order valence-electron chi connectivity index (χ4n) is 2.68. The molecule has 1 atom stereocenters. The summed E-state index contributed by atoms with van der Waals surface area (Å²) in [5.74, 6) is 0.973. The van der Waals surface area contributed by atoms with E-state index in [1.165, 1.54) is 64.3 Å². The molecule has 0 saturated heterocycles. The van der Waals surface area contributed by atoms with Crippen LogP contribution in [0.2, 0.25) is 0 Å². The van der Waals surface area contributed by atoms with Gasteiger partial charge in [-0.05, 0) is 38.6 Å². The van der Waals surface area contributed by atoms with E-state index in [-0.39, 0.29) is 0 Å². The predicted molar refractivity (Wildman–Crippen MR) is 68.2 cm³/mol. The van der Waals surface area contributed by atoms with Gasteiger partial charge in [0.15, 0.2) is 0 Å². The highest BCUT2D eigenvalue weighted by Gasteiger charge is 2.20. The van der Waals surface area contributed by atoms with E-state index in [0.717, 1.165) is 12.0 Å². The lowest BCUT2D eigenvalue weighted by Crippen LogP contribution is -2.32. The maximum absolute atomic E-state index is 3.70. The van der Waals surface area contributed by atoms with Crippen molar-refractivity contribution < 1.29 is 0 Å². The van der Waals surface area contributed by atoms with Crippen LogP contribution in [0.15, 0.2) is 0 Å². The van der Waals surface area contributed by atoms with Crippen LogP contribution in [-0.4, -0.2) is 12.6 Å². The third-order valence-corrected chi connectivity index (χ3v) is 3.85. The van der Waals surface area contributed by atoms with Crippen LogP contribution in [0.25, 0.3) is 0 Å². The molecule has 1 nitrogen and oxygen atoms in total. The molecule has 0 aromatic carbocycles. The fourth-order valence-corrected chi connectivity index (χ4v) is 2.68. The highest BCUT2D eigenvalue weighted by molar-refractivity contribution is 4.76. The molecule has 1 aliphatic carbocycles. The van der Waals surface area contributed by atoms with Crippen LogP contribution in [0.4, 0.5) is 0 Å². The highest BCUT2D eigenvalue weighted by Crippen LogP contribution is 2.27. The normalized spacial score (nSPS) is 19.6. The van der Waals surface area contributed by atoms with Gasteiger partial charge in [-0.15, -0.1) is 0 Å². The second-order valence-corrected chi connectivity index (χ2v) is 5.20. The van der Waals surface area contributed by atoms with Gasteiger partial charge < -0.3 is 5.32 Å². The van der Waals surface area contributed by atoms with E-state index in [0.29, 0.717) is 0 Å². The van der Waals surface area contributed by atoms with Crippen molar-refractivity contribution in [3.63, 3.8) is 0 Å². The molecule has 15 heavy (non-hydrogen) atoms. The Morgan fingerprint density at radius 3 is 2.40 bits per heavy atom.